The number of carbonyl (C=O) groups is 3. The van der Waals surface area contributed by atoms with Crippen molar-refractivity contribution in [2.75, 3.05) is 7.11 Å². The zero-order valence-electron chi connectivity index (χ0n) is 24.8. The standard InChI is InChI=1S/C33H39FN2O5S/c1-6-29-35-19-28(42-29)21-13-11-20(12-14-21)15-26(36-31(38)24(33(2,3)4)18-30(37)40-5)27-17-23(32(39)41-27)16-22-9-7-8-10-25(22)34/h7-14,19,23-24,26-27H,6,15-18H2,1-5H3,(H,36,38)/t23-,24-,26+,27+/m1/s1. The van der Waals surface area contributed by atoms with Crippen LogP contribution in [0.4, 0.5) is 4.39 Å². The molecule has 1 N–H and O–H groups in total. The Hall–Kier alpha value is -3.59. The number of ether oxygens (including phenoxy) is 2. The normalized spacial score (nSPS) is 18.3. The Morgan fingerprint density at radius 1 is 1.17 bits per heavy atom. The highest BCUT2D eigenvalue weighted by molar-refractivity contribution is 7.15. The monoisotopic (exact) mass is 594 g/mol. The van der Waals surface area contributed by atoms with E-state index in [1.807, 2.05) is 51.2 Å². The van der Waals surface area contributed by atoms with Crippen LogP contribution in [-0.4, -0.2) is 42.1 Å². The number of benzene rings is 2. The first kappa shape index (κ1) is 31.3. The van der Waals surface area contributed by atoms with Gasteiger partial charge < -0.3 is 14.8 Å². The topological polar surface area (TPSA) is 94.6 Å². The first-order chi connectivity index (χ1) is 20.0. The van der Waals surface area contributed by atoms with Crippen molar-refractivity contribution in [1.29, 1.82) is 0 Å². The van der Waals surface area contributed by atoms with Crippen LogP contribution in [0.3, 0.4) is 0 Å². The second-order valence-corrected chi connectivity index (χ2v) is 13.0. The maximum absolute atomic E-state index is 14.3. The third-order valence-electron chi connectivity index (χ3n) is 7.83. The van der Waals surface area contributed by atoms with Crippen LogP contribution in [0.5, 0.6) is 0 Å². The van der Waals surface area contributed by atoms with Crippen LogP contribution in [0, 0.1) is 23.1 Å². The van der Waals surface area contributed by atoms with Gasteiger partial charge >= 0.3 is 11.9 Å². The number of amides is 1. The molecule has 4 rings (SSSR count). The second-order valence-electron chi connectivity index (χ2n) is 11.9. The van der Waals surface area contributed by atoms with Crippen LogP contribution in [0.25, 0.3) is 10.4 Å². The molecule has 2 heterocycles. The summed E-state index contributed by atoms with van der Waals surface area (Å²) in [6, 6.07) is 13.9. The van der Waals surface area contributed by atoms with Gasteiger partial charge in [-0.25, -0.2) is 9.37 Å². The first-order valence-corrected chi connectivity index (χ1v) is 15.1. The number of aromatic nitrogens is 1. The van der Waals surface area contributed by atoms with Crippen LogP contribution in [0.15, 0.2) is 54.7 Å². The summed E-state index contributed by atoms with van der Waals surface area (Å²) in [4.78, 5) is 44.3. The smallest absolute Gasteiger partial charge is 0.309 e. The van der Waals surface area contributed by atoms with Gasteiger partial charge in [-0.2, -0.15) is 0 Å². The highest BCUT2D eigenvalue weighted by Crippen LogP contribution is 2.33. The van der Waals surface area contributed by atoms with Crippen molar-refractivity contribution < 1.29 is 28.2 Å². The van der Waals surface area contributed by atoms with E-state index in [0.29, 0.717) is 18.4 Å². The molecule has 3 aromatic rings. The van der Waals surface area contributed by atoms with Crippen molar-refractivity contribution in [2.24, 2.45) is 17.3 Å². The lowest BCUT2D eigenvalue weighted by molar-refractivity contribution is -0.147. The molecule has 1 saturated heterocycles. The maximum Gasteiger partial charge on any atom is 0.309 e. The van der Waals surface area contributed by atoms with Gasteiger partial charge in [-0.05, 0) is 47.4 Å². The molecule has 224 valence electrons. The van der Waals surface area contributed by atoms with E-state index < -0.39 is 41.3 Å². The molecule has 1 fully saturated rings. The average molecular weight is 595 g/mol. The van der Waals surface area contributed by atoms with E-state index >= 15 is 0 Å². The second kappa shape index (κ2) is 13.6. The molecule has 1 amide bonds. The Morgan fingerprint density at radius 3 is 2.50 bits per heavy atom. The van der Waals surface area contributed by atoms with E-state index in [9.17, 15) is 18.8 Å². The van der Waals surface area contributed by atoms with Crippen LogP contribution < -0.4 is 5.32 Å². The van der Waals surface area contributed by atoms with Gasteiger partial charge in [-0.15, -0.1) is 11.3 Å². The number of halogens is 1. The number of hydrogen-bond donors (Lipinski definition) is 1. The first-order valence-electron chi connectivity index (χ1n) is 14.3. The fraction of sp³-hybridized carbons (Fsp3) is 0.455. The van der Waals surface area contributed by atoms with Crippen LogP contribution in [-0.2, 0) is 43.1 Å². The van der Waals surface area contributed by atoms with Gasteiger partial charge in [-0.3, -0.25) is 14.4 Å². The average Bonchev–Trinajstić information content (AvgIpc) is 3.59. The van der Waals surface area contributed by atoms with Crippen molar-refractivity contribution in [1.82, 2.24) is 10.3 Å². The number of carbonyl (C=O) groups excluding carboxylic acids is 3. The number of rotatable bonds is 11. The number of methoxy groups -OCH3 is 1. The zero-order valence-corrected chi connectivity index (χ0v) is 25.6. The Kier molecular flexibility index (Phi) is 10.1. The molecule has 1 aromatic heterocycles. The molecular weight excluding hydrogens is 555 g/mol. The minimum atomic E-state index is -0.653. The summed E-state index contributed by atoms with van der Waals surface area (Å²) in [6.07, 6.45) is 3.06. The minimum absolute atomic E-state index is 0.0673. The molecule has 0 spiro atoms. The summed E-state index contributed by atoms with van der Waals surface area (Å²) >= 11 is 1.66. The molecule has 1 aliphatic heterocycles. The van der Waals surface area contributed by atoms with E-state index in [1.165, 1.54) is 13.2 Å². The highest BCUT2D eigenvalue weighted by Gasteiger charge is 2.42. The third-order valence-corrected chi connectivity index (χ3v) is 9.02. The fourth-order valence-electron chi connectivity index (χ4n) is 5.28. The van der Waals surface area contributed by atoms with Gasteiger partial charge in [0.1, 0.15) is 11.9 Å². The van der Waals surface area contributed by atoms with E-state index in [4.69, 9.17) is 9.47 Å². The molecule has 0 bridgehead atoms. The summed E-state index contributed by atoms with van der Waals surface area (Å²) in [5.41, 5.74) is 1.95. The molecule has 42 heavy (non-hydrogen) atoms. The number of nitrogens with one attached hydrogen (secondary N) is 1. The SMILES string of the molecule is CCc1ncc(-c2ccc(C[C@H](NC(=O)[C@@H](CC(=O)OC)C(C)(C)C)[C@@H]3C[C@@H](Cc4ccccc4F)C(=O)O3)cc2)s1. The number of nitrogens with zero attached hydrogens (tertiary/aromatic N) is 1. The summed E-state index contributed by atoms with van der Waals surface area (Å²) < 4.78 is 25.0. The summed E-state index contributed by atoms with van der Waals surface area (Å²) in [5, 5.41) is 4.19. The lowest BCUT2D eigenvalue weighted by Gasteiger charge is -2.32. The Morgan fingerprint density at radius 2 is 1.88 bits per heavy atom. The van der Waals surface area contributed by atoms with Gasteiger partial charge in [0.25, 0.3) is 0 Å². The van der Waals surface area contributed by atoms with E-state index in [1.54, 1.807) is 29.5 Å². The third kappa shape index (κ3) is 7.82. The predicted octanol–water partition coefficient (Wildman–Crippen LogP) is 5.94. The Bertz CT molecular complexity index is 1400. The Balaban J connectivity index is 1.56. The van der Waals surface area contributed by atoms with Crippen LogP contribution in [0.2, 0.25) is 0 Å². The van der Waals surface area contributed by atoms with Crippen molar-refractivity contribution in [3.05, 3.63) is 76.7 Å². The highest BCUT2D eigenvalue weighted by atomic mass is 32.1. The molecule has 9 heteroatoms. The van der Waals surface area contributed by atoms with E-state index in [0.717, 1.165) is 27.4 Å². The number of thiazole rings is 1. The molecule has 1 aliphatic rings. The molecule has 7 nitrogen and oxygen atoms in total. The summed E-state index contributed by atoms with van der Waals surface area (Å²) in [5.74, 6) is -2.72. The van der Waals surface area contributed by atoms with Gasteiger partial charge in [-0.1, -0.05) is 70.2 Å². The predicted molar refractivity (Wildman–Crippen MR) is 160 cm³/mol. The van der Waals surface area contributed by atoms with E-state index in [-0.39, 0.29) is 24.6 Å². The largest absolute Gasteiger partial charge is 0.469 e. The van der Waals surface area contributed by atoms with Crippen molar-refractivity contribution in [2.45, 2.75) is 71.9 Å². The van der Waals surface area contributed by atoms with Gasteiger partial charge in [0.2, 0.25) is 5.91 Å². The van der Waals surface area contributed by atoms with E-state index in [2.05, 4.69) is 17.2 Å². The molecule has 0 aliphatic carbocycles. The zero-order chi connectivity index (χ0) is 30.4. The van der Waals surface area contributed by atoms with Gasteiger partial charge in [0.05, 0.1) is 41.3 Å². The van der Waals surface area contributed by atoms with Crippen molar-refractivity contribution in [3.8, 4) is 10.4 Å². The van der Waals surface area contributed by atoms with Crippen LogP contribution in [0.1, 0.15) is 56.7 Å². The number of cyclic esters (lactones) is 1. The van der Waals surface area contributed by atoms with Gasteiger partial charge in [0.15, 0.2) is 0 Å². The molecule has 0 radical (unpaired) electrons. The fourth-order valence-corrected chi connectivity index (χ4v) is 6.14. The molecule has 0 unspecified atom stereocenters. The van der Waals surface area contributed by atoms with Crippen molar-refractivity contribution in [3.63, 3.8) is 0 Å². The minimum Gasteiger partial charge on any atom is -0.469 e. The Labute approximate surface area is 250 Å². The summed E-state index contributed by atoms with van der Waals surface area (Å²) in [6.45, 7) is 7.78. The van der Waals surface area contributed by atoms with Crippen molar-refractivity contribution >= 4 is 29.2 Å². The quantitative estimate of drug-likeness (QED) is 0.276. The molecule has 0 saturated carbocycles. The number of hydrogen-bond acceptors (Lipinski definition) is 7. The molecule has 2 aromatic carbocycles. The van der Waals surface area contributed by atoms with Gasteiger partial charge in [0, 0.05) is 12.6 Å². The summed E-state index contributed by atoms with van der Waals surface area (Å²) in [7, 11) is 1.30. The van der Waals surface area contributed by atoms with Crippen LogP contribution >= 0.6 is 11.3 Å². The lowest BCUT2D eigenvalue weighted by Crippen LogP contribution is -2.49. The molecular formula is C33H39FN2O5S. The maximum atomic E-state index is 14.3. The number of aryl methyl sites for hydroxylation is 1. The molecule has 4 atom stereocenters. The lowest BCUT2D eigenvalue weighted by atomic mass is 9.78. The number of esters is 2.